The zero-order chi connectivity index (χ0) is 27.0. The number of carboxylic acids is 2. The van der Waals surface area contributed by atoms with Gasteiger partial charge in [-0.05, 0) is 50.7 Å². The van der Waals surface area contributed by atoms with E-state index in [1.807, 2.05) is 0 Å². The number of carbonyl (C=O) groups excluding carboxylic acids is 4. The molecule has 11 N–H and O–H groups in total. The Balaban J connectivity index is 5.50. The zero-order valence-electron chi connectivity index (χ0n) is 19.7. The molecule has 0 radical (unpaired) electrons. The Morgan fingerprint density at radius 1 is 0.829 bits per heavy atom. The molecule has 0 spiro atoms. The highest BCUT2D eigenvalue weighted by Crippen LogP contribution is 2.07. The van der Waals surface area contributed by atoms with Crippen molar-refractivity contribution in [3.8, 4) is 0 Å². The van der Waals surface area contributed by atoms with Gasteiger partial charge in [-0.25, -0.2) is 4.79 Å². The molecule has 0 saturated carbocycles. The number of nitrogens with two attached hydrogens (primary N) is 3. The van der Waals surface area contributed by atoms with E-state index in [-0.39, 0.29) is 19.3 Å². The van der Waals surface area contributed by atoms with E-state index < -0.39 is 72.6 Å². The van der Waals surface area contributed by atoms with Gasteiger partial charge in [0.05, 0.1) is 12.5 Å². The van der Waals surface area contributed by atoms with Gasteiger partial charge < -0.3 is 43.4 Å². The van der Waals surface area contributed by atoms with E-state index in [4.69, 9.17) is 22.3 Å². The highest BCUT2D eigenvalue weighted by atomic mass is 32.2. The molecule has 0 aliphatic rings. The van der Waals surface area contributed by atoms with Crippen LogP contribution < -0.4 is 33.2 Å². The number of nitrogens with one attached hydrogen (secondary N) is 3. The third-order valence-corrected chi connectivity index (χ3v) is 5.49. The van der Waals surface area contributed by atoms with E-state index in [1.165, 1.54) is 11.8 Å². The highest BCUT2D eigenvalue weighted by Gasteiger charge is 2.30. The standard InChI is InChI=1S/C20H36N6O8S/c1-35-9-7-13(24-17(30)11(22)10-15(23)27)19(32)25-12(5-6-16(28)29)18(31)26-14(20(33)34)4-2-3-8-21/h11-14H,2-10,21-22H2,1H3,(H2,23,27)(H,24,30)(H,25,32)(H,26,31)(H,28,29)(H,33,34). The fraction of sp³-hybridized carbons (Fsp3) is 0.700. The van der Waals surface area contributed by atoms with E-state index in [2.05, 4.69) is 16.0 Å². The van der Waals surface area contributed by atoms with Gasteiger partial charge in [-0.3, -0.25) is 24.0 Å². The van der Waals surface area contributed by atoms with E-state index in [1.54, 1.807) is 6.26 Å². The molecule has 0 bridgehead atoms. The van der Waals surface area contributed by atoms with Crippen molar-refractivity contribution in [1.29, 1.82) is 0 Å². The fourth-order valence-electron chi connectivity index (χ4n) is 2.92. The van der Waals surface area contributed by atoms with Crippen LogP contribution in [0, 0.1) is 0 Å². The van der Waals surface area contributed by atoms with E-state index in [0.29, 0.717) is 25.1 Å². The van der Waals surface area contributed by atoms with E-state index in [9.17, 15) is 33.9 Å². The molecule has 0 heterocycles. The summed E-state index contributed by atoms with van der Waals surface area (Å²) in [6.07, 6.45) is 1.78. The van der Waals surface area contributed by atoms with Crippen LogP contribution in [0.3, 0.4) is 0 Å². The van der Waals surface area contributed by atoms with Gasteiger partial charge in [0.2, 0.25) is 23.6 Å². The van der Waals surface area contributed by atoms with Crippen molar-refractivity contribution in [2.75, 3.05) is 18.6 Å². The second-order valence-corrected chi connectivity index (χ2v) is 8.78. The number of thioether (sulfide) groups is 1. The molecule has 35 heavy (non-hydrogen) atoms. The van der Waals surface area contributed by atoms with E-state index >= 15 is 0 Å². The van der Waals surface area contributed by atoms with Gasteiger partial charge in [0, 0.05) is 6.42 Å². The topological polar surface area (TPSA) is 257 Å². The minimum absolute atomic E-state index is 0.0992. The summed E-state index contributed by atoms with van der Waals surface area (Å²) in [6, 6.07) is -5.05. The smallest absolute Gasteiger partial charge is 0.326 e. The van der Waals surface area contributed by atoms with Crippen molar-refractivity contribution < 1.29 is 39.0 Å². The predicted octanol–water partition coefficient (Wildman–Crippen LogP) is -2.52. The van der Waals surface area contributed by atoms with Gasteiger partial charge in [0.15, 0.2) is 0 Å². The molecule has 14 nitrogen and oxygen atoms in total. The normalized spacial score (nSPS) is 14.1. The quantitative estimate of drug-likeness (QED) is 0.0824. The number of aliphatic carboxylic acids is 2. The highest BCUT2D eigenvalue weighted by molar-refractivity contribution is 7.98. The van der Waals surface area contributed by atoms with Crippen molar-refractivity contribution in [3.63, 3.8) is 0 Å². The number of hydrogen-bond acceptors (Lipinski definition) is 9. The average molecular weight is 521 g/mol. The molecule has 0 saturated heterocycles. The third kappa shape index (κ3) is 14.2. The SMILES string of the molecule is CSCCC(NC(=O)C(N)CC(N)=O)C(=O)NC(CCC(=O)O)C(=O)NC(CCCCN)C(=O)O. The molecule has 0 fully saturated rings. The summed E-state index contributed by atoms with van der Waals surface area (Å²) in [7, 11) is 0. The summed E-state index contributed by atoms with van der Waals surface area (Å²) in [6.45, 7) is 0.351. The minimum Gasteiger partial charge on any atom is -0.481 e. The van der Waals surface area contributed by atoms with Crippen molar-refractivity contribution in [2.24, 2.45) is 17.2 Å². The maximum absolute atomic E-state index is 12.9. The molecule has 15 heteroatoms. The maximum atomic E-state index is 12.9. The summed E-state index contributed by atoms with van der Waals surface area (Å²) < 4.78 is 0. The van der Waals surface area contributed by atoms with Gasteiger partial charge in [-0.15, -0.1) is 0 Å². The van der Waals surface area contributed by atoms with Gasteiger partial charge in [0.1, 0.15) is 18.1 Å². The lowest BCUT2D eigenvalue weighted by molar-refractivity contribution is -0.143. The molecule has 200 valence electrons. The lowest BCUT2D eigenvalue weighted by Crippen LogP contribution is -2.57. The molecule has 0 rings (SSSR count). The van der Waals surface area contributed by atoms with Crippen molar-refractivity contribution >= 4 is 47.3 Å². The summed E-state index contributed by atoms with van der Waals surface area (Å²) in [4.78, 5) is 71.5. The minimum atomic E-state index is -1.37. The van der Waals surface area contributed by atoms with Crippen molar-refractivity contribution in [2.45, 2.75) is 69.1 Å². The molecular formula is C20H36N6O8S. The number of carboxylic acid groups (broad SMARTS) is 2. The zero-order valence-corrected chi connectivity index (χ0v) is 20.5. The van der Waals surface area contributed by atoms with Crippen LogP contribution >= 0.6 is 11.8 Å². The third-order valence-electron chi connectivity index (χ3n) is 4.84. The van der Waals surface area contributed by atoms with Crippen LogP contribution in [0.4, 0.5) is 0 Å². The summed E-state index contributed by atoms with van der Waals surface area (Å²) >= 11 is 1.39. The summed E-state index contributed by atoms with van der Waals surface area (Å²) in [5.41, 5.74) is 16.1. The first-order chi connectivity index (χ1) is 16.4. The van der Waals surface area contributed by atoms with Crippen LogP contribution in [0.25, 0.3) is 0 Å². The average Bonchev–Trinajstić information content (AvgIpc) is 2.77. The maximum Gasteiger partial charge on any atom is 0.326 e. The Bertz CT molecular complexity index is 753. The molecule has 4 amide bonds. The first-order valence-corrected chi connectivity index (χ1v) is 12.4. The fourth-order valence-corrected chi connectivity index (χ4v) is 3.40. The number of unbranched alkanes of at least 4 members (excludes halogenated alkanes) is 1. The predicted molar refractivity (Wildman–Crippen MR) is 128 cm³/mol. The van der Waals surface area contributed by atoms with Crippen LogP contribution in [0.1, 0.15) is 44.9 Å². The van der Waals surface area contributed by atoms with Gasteiger partial charge >= 0.3 is 11.9 Å². The molecule has 4 unspecified atom stereocenters. The first-order valence-electron chi connectivity index (χ1n) is 11.0. The van der Waals surface area contributed by atoms with Crippen molar-refractivity contribution in [3.05, 3.63) is 0 Å². The van der Waals surface area contributed by atoms with Crippen LogP contribution in [-0.2, 0) is 28.8 Å². The Hall–Kier alpha value is -2.91. The number of carbonyl (C=O) groups is 6. The Labute approximate surface area is 207 Å². The molecule has 0 aromatic carbocycles. The first kappa shape index (κ1) is 32.1. The Morgan fingerprint density at radius 2 is 1.37 bits per heavy atom. The molecule has 0 aliphatic heterocycles. The number of rotatable bonds is 19. The Kier molecular flexibility index (Phi) is 16.1. The van der Waals surface area contributed by atoms with E-state index in [0.717, 1.165) is 0 Å². The number of hydrogen-bond donors (Lipinski definition) is 8. The van der Waals surface area contributed by atoms with Gasteiger partial charge in [0.25, 0.3) is 0 Å². The largest absolute Gasteiger partial charge is 0.481 e. The van der Waals surface area contributed by atoms with Crippen LogP contribution in [0.2, 0.25) is 0 Å². The molecule has 0 aromatic rings. The summed E-state index contributed by atoms with van der Waals surface area (Å²) in [5, 5.41) is 25.5. The van der Waals surface area contributed by atoms with Crippen LogP contribution in [0.15, 0.2) is 0 Å². The lowest BCUT2D eigenvalue weighted by Gasteiger charge is -2.25. The summed E-state index contributed by atoms with van der Waals surface area (Å²) in [5.74, 6) is -5.34. The van der Waals surface area contributed by atoms with Gasteiger partial charge in [-0.1, -0.05) is 0 Å². The molecular weight excluding hydrogens is 484 g/mol. The molecule has 0 aromatic heterocycles. The number of primary amides is 1. The van der Waals surface area contributed by atoms with Crippen LogP contribution in [-0.4, -0.2) is 88.5 Å². The molecule has 4 atom stereocenters. The van der Waals surface area contributed by atoms with Gasteiger partial charge in [-0.2, -0.15) is 11.8 Å². The number of amides is 4. The lowest BCUT2D eigenvalue weighted by atomic mass is 10.1. The second kappa shape index (κ2) is 17.5. The molecule has 0 aliphatic carbocycles. The Morgan fingerprint density at radius 3 is 1.86 bits per heavy atom. The second-order valence-electron chi connectivity index (χ2n) is 7.80. The van der Waals surface area contributed by atoms with Crippen LogP contribution in [0.5, 0.6) is 0 Å². The van der Waals surface area contributed by atoms with Crippen molar-refractivity contribution in [1.82, 2.24) is 16.0 Å². The monoisotopic (exact) mass is 520 g/mol.